The van der Waals surface area contributed by atoms with E-state index < -0.39 is 0 Å². The molecule has 1 aromatic rings. The van der Waals surface area contributed by atoms with Crippen LogP contribution in [0.3, 0.4) is 0 Å². The van der Waals surface area contributed by atoms with Gasteiger partial charge in [-0.3, -0.25) is 4.79 Å². The zero-order valence-electron chi connectivity index (χ0n) is 12.9. The van der Waals surface area contributed by atoms with E-state index in [1.165, 1.54) is 0 Å². The predicted molar refractivity (Wildman–Crippen MR) is 84.8 cm³/mol. The molecule has 3 rings (SSSR count). The van der Waals surface area contributed by atoms with E-state index in [1.54, 1.807) is 7.11 Å². The summed E-state index contributed by atoms with van der Waals surface area (Å²) in [5.41, 5.74) is 2.44. The van der Waals surface area contributed by atoms with Gasteiger partial charge in [0.2, 0.25) is 0 Å². The summed E-state index contributed by atoms with van der Waals surface area (Å²) in [7, 11) is 1.65. The lowest BCUT2D eigenvalue weighted by Crippen LogP contribution is -2.33. The van der Waals surface area contributed by atoms with Crippen LogP contribution in [-0.2, 0) is 9.53 Å². The molecule has 1 aromatic carbocycles. The zero-order chi connectivity index (χ0) is 15.5. The lowest BCUT2D eigenvalue weighted by molar-refractivity contribution is -0.115. The number of ether oxygens (including phenoxy) is 2. The van der Waals surface area contributed by atoms with E-state index in [0.29, 0.717) is 11.6 Å². The van der Waals surface area contributed by atoms with Crippen molar-refractivity contribution < 1.29 is 14.3 Å². The summed E-state index contributed by atoms with van der Waals surface area (Å²) in [5, 5.41) is 2.89. The maximum absolute atomic E-state index is 12.1. The highest BCUT2D eigenvalue weighted by molar-refractivity contribution is 6.15. The van der Waals surface area contributed by atoms with Gasteiger partial charge in [-0.2, -0.15) is 0 Å². The Balaban J connectivity index is 1.82. The Morgan fingerprint density at radius 2 is 2.14 bits per heavy atom. The fraction of sp³-hybridized carbons (Fsp3) is 0.412. The zero-order valence-corrected chi connectivity index (χ0v) is 12.9. The van der Waals surface area contributed by atoms with Gasteiger partial charge in [-0.1, -0.05) is 6.07 Å². The van der Waals surface area contributed by atoms with Crippen LogP contribution in [0.2, 0.25) is 0 Å². The van der Waals surface area contributed by atoms with Gasteiger partial charge in [-0.05, 0) is 49.1 Å². The first-order valence-corrected chi connectivity index (χ1v) is 7.51. The number of amides is 1. The maximum atomic E-state index is 12.1. The van der Waals surface area contributed by atoms with Gasteiger partial charge in [0.05, 0.1) is 7.11 Å². The van der Waals surface area contributed by atoms with Crippen molar-refractivity contribution in [3.8, 4) is 5.75 Å². The molecule has 22 heavy (non-hydrogen) atoms. The Labute approximate surface area is 130 Å². The molecule has 0 unspecified atom stereocenters. The van der Waals surface area contributed by atoms with E-state index in [-0.39, 0.29) is 5.91 Å². The Bertz CT molecular complexity index is 643. The van der Waals surface area contributed by atoms with Crippen molar-refractivity contribution in [2.75, 3.05) is 20.3 Å². The number of hydrogen-bond acceptors (Lipinski definition) is 4. The summed E-state index contributed by atoms with van der Waals surface area (Å²) in [5.74, 6) is 1.78. The molecule has 2 aliphatic rings. The minimum atomic E-state index is -0.130. The first-order valence-electron chi connectivity index (χ1n) is 7.51. The minimum Gasteiger partial charge on any atom is -0.496 e. The molecule has 116 valence electrons. The van der Waals surface area contributed by atoms with Crippen molar-refractivity contribution in [3.63, 3.8) is 0 Å². The highest BCUT2D eigenvalue weighted by Crippen LogP contribution is 2.23. The number of amidine groups is 1. The highest BCUT2D eigenvalue weighted by Gasteiger charge is 2.27. The van der Waals surface area contributed by atoms with Crippen LogP contribution in [-0.4, -0.2) is 32.1 Å². The van der Waals surface area contributed by atoms with Gasteiger partial charge >= 0.3 is 0 Å². The van der Waals surface area contributed by atoms with Crippen LogP contribution in [0.15, 0.2) is 28.9 Å². The summed E-state index contributed by atoms with van der Waals surface area (Å²) < 4.78 is 10.6. The van der Waals surface area contributed by atoms with Crippen LogP contribution < -0.4 is 10.1 Å². The number of carbonyl (C=O) groups excluding carboxylic acids is 1. The quantitative estimate of drug-likeness (QED) is 0.871. The molecule has 0 atom stereocenters. The van der Waals surface area contributed by atoms with Crippen LogP contribution in [0, 0.1) is 12.8 Å². The molecular weight excluding hydrogens is 280 g/mol. The number of nitrogens with one attached hydrogen (secondary N) is 1. The first-order chi connectivity index (χ1) is 10.7. The van der Waals surface area contributed by atoms with E-state index in [1.807, 2.05) is 31.2 Å². The SMILES string of the molecule is COc1ccc(/C=C2/N=C(C3CCOCC3)NC2=O)cc1C. The molecular formula is C17H20N2O3. The predicted octanol–water partition coefficient (Wildman–Crippen LogP) is 2.30. The van der Waals surface area contributed by atoms with Crippen LogP contribution in [0.1, 0.15) is 24.0 Å². The number of aryl methyl sites for hydroxylation is 1. The van der Waals surface area contributed by atoms with E-state index >= 15 is 0 Å². The fourth-order valence-corrected chi connectivity index (χ4v) is 2.80. The normalized spacial score (nSPS) is 20.9. The van der Waals surface area contributed by atoms with Crippen molar-refractivity contribution >= 4 is 17.8 Å². The number of carbonyl (C=O) groups is 1. The molecule has 2 heterocycles. The Morgan fingerprint density at radius 3 is 2.82 bits per heavy atom. The summed E-state index contributed by atoms with van der Waals surface area (Å²) in [6.45, 7) is 3.44. The molecule has 5 heteroatoms. The van der Waals surface area contributed by atoms with Gasteiger partial charge in [-0.15, -0.1) is 0 Å². The molecule has 0 radical (unpaired) electrons. The number of nitrogens with zero attached hydrogens (tertiary/aromatic N) is 1. The monoisotopic (exact) mass is 300 g/mol. The van der Waals surface area contributed by atoms with Crippen LogP contribution in [0.4, 0.5) is 0 Å². The smallest absolute Gasteiger partial charge is 0.275 e. The second kappa shape index (κ2) is 6.32. The molecule has 0 saturated carbocycles. The van der Waals surface area contributed by atoms with Crippen molar-refractivity contribution in [1.29, 1.82) is 0 Å². The molecule has 1 amide bonds. The topological polar surface area (TPSA) is 59.9 Å². The van der Waals surface area contributed by atoms with Crippen molar-refractivity contribution in [2.45, 2.75) is 19.8 Å². The lowest BCUT2D eigenvalue weighted by atomic mass is 9.99. The summed E-state index contributed by atoms with van der Waals surface area (Å²) in [6.07, 6.45) is 3.64. The average Bonchev–Trinajstić information content (AvgIpc) is 2.89. The second-order valence-electron chi connectivity index (χ2n) is 5.60. The second-order valence-corrected chi connectivity index (χ2v) is 5.60. The third kappa shape index (κ3) is 3.04. The highest BCUT2D eigenvalue weighted by atomic mass is 16.5. The third-order valence-electron chi connectivity index (χ3n) is 4.05. The van der Waals surface area contributed by atoms with Gasteiger partial charge in [0.1, 0.15) is 17.3 Å². The molecule has 0 bridgehead atoms. The molecule has 0 spiro atoms. The molecule has 5 nitrogen and oxygen atoms in total. The molecule has 1 saturated heterocycles. The van der Waals surface area contributed by atoms with Gasteiger partial charge in [-0.25, -0.2) is 4.99 Å². The van der Waals surface area contributed by atoms with E-state index in [4.69, 9.17) is 9.47 Å². The standard InChI is InChI=1S/C17H20N2O3/c1-11-9-12(3-4-15(11)21-2)10-14-17(20)19-16(18-14)13-5-7-22-8-6-13/h3-4,9-10,13H,5-8H2,1-2H3,(H,18,19,20)/b14-10+. The molecule has 1 fully saturated rings. The van der Waals surface area contributed by atoms with Gasteiger partial charge in [0.25, 0.3) is 5.91 Å². The lowest BCUT2D eigenvalue weighted by Gasteiger charge is -2.21. The summed E-state index contributed by atoms with van der Waals surface area (Å²) in [6, 6.07) is 5.81. The Morgan fingerprint density at radius 1 is 1.36 bits per heavy atom. The minimum absolute atomic E-state index is 0.130. The van der Waals surface area contributed by atoms with Gasteiger partial charge < -0.3 is 14.8 Å². The number of hydrogen-bond donors (Lipinski definition) is 1. The molecule has 2 aliphatic heterocycles. The average molecular weight is 300 g/mol. The van der Waals surface area contributed by atoms with Crippen LogP contribution >= 0.6 is 0 Å². The fourth-order valence-electron chi connectivity index (χ4n) is 2.80. The van der Waals surface area contributed by atoms with Gasteiger partial charge in [0.15, 0.2) is 0 Å². The number of benzene rings is 1. The summed E-state index contributed by atoms with van der Waals surface area (Å²) >= 11 is 0. The van der Waals surface area contributed by atoms with E-state index in [2.05, 4.69) is 10.3 Å². The third-order valence-corrected chi connectivity index (χ3v) is 4.05. The van der Waals surface area contributed by atoms with E-state index in [0.717, 1.165) is 48.8 Å². The molecule has 1 N–H and O–H groups in total. The van der Waals surface area contributed by atoms with Crippen molar-refractivity contribution in [2.24, 2.45) is 10.9 Å². The molecule has 0 aliphatic carbocycles. The number of aliphatic imine (C=N–C) groups is 1. The number of rotatable bonds is 3. The van der Waals surface area contributed by atoms with Gasteiger partial charge in [0, 0.05) is 19.1 Å². The van der Waals surface area contributed by atoms with Crippen molar-refractivity contribution in [3.05, 3.63) is 35.0 Å². The largest absolute Gasteiger partial charge is 0.496 e. The first kappa shape index (κ1) is 14.8. The summed E-state index contributed by atoms with van der Waals surface area (Å²) in [4.78, 5) is 16.6. The Kier molecular flexibility index (Phi) is 4.24. The van der Waals surface area contributed by atoms with E-state index in [9.17, 15) is 4.79 Å². The molecule has 0 aromatic heterocycles. The maximum Gasteiger partial charge on any atom is 0.275 e. The van der Waals surface area contributed by atoms with Crippen LogP contribution in [0.25, 0.3) is 6.08 Å². The Hall–Kier alpha value is -2.14. The number of methoxy groups -OCH3 is 1. The van der Waals surface area contributed by atoms with Crippen molar-refractivity contribution in [1.82, 2.24) is 5.32 Å². The van der Waals surface area contributed by atoms with Crippen LogP contribution in [0.5, 0.6) is 5.75 Å².